The Morgan fingerprint density at radius 2 is 1.88 bits per heavy atom. The van der Waals surface area contributed by atoms with Gasteiger partial charge in [-0.3, -0.25) is 0 Å². The molecule has 4 heteroatoms. The average Bonchev–Trinajstić information content (AvgIpc) is 2.34. The topological polar surface area (TPSA) is 50.7 Å². The summed E-state index contributed by atoms with van der Waals surface area (Å²) in [4.78, 5) is 0. The first-order valence-corrected chi connectivity index (χ1v) is 6.11. The van der Waals surface area contributed by atoms with E-state index in [1.165, 1.54) is 0 Å². The summed E-state index contributed by atoms with van der Waals surface area (Å²) in [6, 6.07) is 0. The minimum atomic E-state index is -0.129. The van der Waals surface area contributed by atoms with Gasteiger partial charge in [0.2, 0.25) is 0 Å². The fraction of sp³-hybridized carbons (Fsp3) is 1.00. The summed E-state index contributed by atoms with van der Waals surface area (Å²) in [6.07, 6.45) is 3.80. The minimum absolute atomic E-state index is 0.129. The van der Waals surface area contributed by atoms with Gasteiger partial charge in [0.15, 0.2) is 0 Å². The van der Waals surface area contributed by atoms with E-state index in [2.05, 4.69) is 12.2 Å². The smallest absolute Gasteiger partial charge is 0.0613 e. The van der Waals surface area contributed by atoms with Crippen molar-refractivity contribution in [3.8, 4) is 0 Å². The molecule has 0 aliphatic carbocycles. The highest BCUT2D eigenvalue weighted by Gasteiger charge is 2.23. The predicted octanol–water partition coefficient (Wildman–Crippen LogP) is 1.18. The van der Waals surface area contributed by atoms with Gasteiger partial charge in [0.1, 0.15) is 0 Å². The summed E-state index contributed by atoms with van der Waals surface area (Å²) in [7, 11) is 3.60. The maximum absolute atomic E-state index is 9.33. The number of rotatable bonds is 11. The van der Waals surface area contributed by atoms with Crippen molar-refractivity contribution in [1.82, 2.24) is 5.32 Å². The maximum Gasteiger partial charge on any atom is 0.0613 e. The molecule has 0 aliphatic heterocycles. The second-order valence-corrected chi connectivity index (χ2v) is 4.10. The number of hydrogen-bond acceptors (Lipinski definition) is 4. The number of aliphatic hydroxyl groups excluding tert-OH is 1. The Kier molecular flexibility index (Phi) is 9.92. The van der Waals surface area contributed by atoms with Crippen LogP contribution in [0.2, 0.25) is 0 Å². The van der Waals surface area contributed by atoms with Gasteiger partial charge in [0.25, 0.3) is 0 Å². The van der Waals surface area contributed by atoms with Crippen molar-refractivity contribution in [3.05, 3.63) is 0 Å². The molecular formula is C12H27NO3. The second-order valence-electron chi connectivity index (χ2n) is 4.10. The lowest BCUT2D eigenvalue weighted by Crippen LogP contribution is -2.46. The van der Waals surface area contributed by atoms with Crippen molar-refractivity contribution >= 4 is 0 Å². The van der Waals surface area contributed by atoms with Gasteiger partial charge in [-0.1, -0.05) is 6.92 Å². The highest BCUT2D eigenvalue weighted by Crippen LogP contribution is 2.16. The molecule has 0 aromatic heterocycles. The lowest BCUT2D eigenvalue weighted by atomic mass is 9.92. The molecule has 1 atom stereocenters. The molecule has 0 aromatic carbocycles. The van der Waals surface area contributed by atoms with E-state index < -0.39 is 0 Å². The fourth-order valence-electron chi connectivity index (χ4n) is 1.67. The Labute approximate surface area is 99.3 Å². The molecule has 0 saturated heterocycles. The third-order valence-electron chi connectivity index (χ3n) is 3.09. The van der Waals surface area contributed by atoms with Gasteiger partial charge in [0, 0.05) is 32.5 Å². The van der Waals surface area contributed by atoms with Crippen molar-refractivity contribution in [2.24, 2.45) is 0 Å². The largest absolute Gasteiger partial charge is 0.394 e. The molecule has 0 radical (unpaired) electrons. The Balaban J connectivity index is 3.48. The van der Waals surface area contributed by atoms with E-state index in [0.717, 1.165) is 45.5 Å². The lowest BCUT2D eigenvalue weighted by Gasteiger charge is -2.30. The highest BCUT2D eigenvalue weighted by molar-refractivity contribution is 4.84. The zero-order valence-electron chi connectivity index (χ0n) is 10.9. The van der Waals surface area contributed by atoms with Crippen molar-refractivity contribution < 1.29 is 14.6 Å². The van der Waals surface area contributed by atoms with Crippen LogP contribution in [0.1, 0.15) is 32.6 Å². The molecule has 1 unspecified atom stereocenters. The van der Waals surface area contributed by atoms with Gasteiger partial charge in [0.05, 0.1) is 6.61 Å². The summed E-state index contributed by atoms with van der Waals surface area (Å²) < 4.78 is 10.4. The average molecular weight is 233 g/mol. The van der Waals surface area contributed by atoms with E-state index >= 15 is 0 Å². The quantitative estimate of drug-likeness (QED) is 0.526. The maximum atomic E-state index is 9.33. The fourth-order valence-corrected chi connectivity index (χ4v) is 1.67. The molecule has 4 nitrogen and oxygen atoms in total. The Morgan fingerprint density at radius 1 is 1.19 bits per heavy atom. The molecule has 2 N–H and O–H groups in total. The molecule has 16 heavy (non-hydrogen) atoms. The predicted molar refractivity (Wildman–Crippen MR) is 65.7 cm³/mol. The van der Waals surface area contributed by atoms with E-state index in [1.807, 2.05) is 7.05 Å². The van der Waals surface area contributed by atoms with Crippen LogP contribution in [-0.2, 0) is 9.47 Å². The minimum Gasteiger partial charge on any atom is -0.394 e. The van der Waals surface area contributed by atoms with Gasteiger partial charge in [-0.25, -0.2) is 0 Å². The van der Waals surface area contributed by atoms with Crippen molar-refractivity contribution in [2.45, 2.75) is 38.1 Å². The molecule has 0 spiro atoms. The first-order valence-electron chi connectivity index (χ1n) is 6.11. The van der Waals surface area contributed by atoms with Gasteiger partial charge >= 0.3 is 0 Å². The van der Waals surface area contributed by atoms with E-state index in [0.29, 0.717) is 0 Å². The van der Waals surface area contributed by atoms with Crippen molar-refractivity contribution in [1.29, 1.82) is 0 Å². The summed E-state index contributed by atoms with van der Waals surface area (Å²) in [5.74, 6) is 0. The first-order chi connectivity index (χ1) is 7.74. The monoisotopic (exact) mass is 233 g/mol. The van der Waals surface area contributed by atoms with Crippen LogP contribution in [0.4, 0.5) is 0 Å². The third kappa shape index (κ3) is 6.43. The summed E-state index contributed by atoms with van der Waals surface area (Å²) in [5, 5.41) is 12.5. The van der Waals surface area contributed by atoms with Crippen LogP contribution in [-0.4, -0.2) is 51.2 Å². The Bertz CT molecular complexity index is 141. The summed E-state index contributed by atoms with van der Waals surface area (Å²) >= 11 is 0. The van der Waals surface area contributed by atoms with Crippen LogP contribution >= 0.6 is 0 Å². The van der Waals surface area contributed by atoms with Crippen LogP contribution in [0.25, 0.3) is 0 Å². The molecule has 0 saturated carbocycles. The van der Waals surface area contributed by atoms with Crippen LogP contribution in [0.3, 0.4) is 0 Å². The molecule has 0 aromatic rings. The Morgan fingerprint density at radius 3 is 2.38 bits per heavy atom. The SMILES string of the molecule is CCC(CO)(CCCOCCCOC)NC. The zero-order chi connectivity index (χ0) is 12.3. The van der Waals surface area contributed by atoms with Crippen molar-refractivity contribution in [2.75, 3.05) is 40.6 Å². The number of hydrogen-bond donors (Lipinski definition) is 2. The molecule has 0 bridgehead atoms. The van der Waals surface area contributed by atoms with Gasteiger partial charge in [-0.05, 0) is 32.7 Å². The molecule has 0 rings (SSSR count). The van der Waals surface area contributed by atoms with Crippen LogP contribution in [0, 0.1) is 0 Å². The summed E-state index contributed by atoms with van der Waals surface area (Å²) in [5.41, 5.74) is -0.129. The zero-order valence-corrected chi connectivity index (χ0v) is 10.9. The third-order valence-corrected chi connectivity index (χ3v) is 3.09. The standard InChI is InChI=1S/C12H27NO3/c1-4-12(11-14,13-2)7-5-9-16-10-6-8-15-3/h13-14H,4-11H2,1-3H3. The highest BCUT2D eigenvalue weighted by atomic mass is 16.5. The number of aliphatic hydroxyl groups is 1. The van der Waals surface area contributed by atoms with E-state index in [4.69, 9.17) is 9.47 Å². The first kappa shape index (κ1) is 15.8. The van der Waals surface area contributed by atoms with Gasteiger partial charge < -0.3 is 19.9 Å². The van der Waals surface area contributed by atoms with Crippen LogP contribution in [0.15, 0.2) is 0 Å². The van der Waals surface area contributed by atoms with E-state index in [-0.39, 0.29) is 12.1 Å². The Hall–Kier alpha value is -0.160. The number of ether oxygens (including phenoxy) is 2. The molecule has 0 fully saturated rings. The second kappa shape index (κ2) is 10.0. The van der Waals surface area contributed by atoms with Crippen LogP contribution < -0.4 is 5.32 Å². The summed E-state index contributed by atoms with van der Waals surface area (Å²) in [6.45, 7) is 4.54. The lowest BCUT2D eigenvalue weighted by molar-refractivity contribution is 0.0880. The molecule has 0 heterocycles. The van der Waals surface area contributed by atoms with E-state index in [9.17, 15) is 5.11 Å². The normalized spacial score (nSPS) is 15.0. The van der Waals surface area contributed by atoms with Crippen LogP contribution in [0.5, 0.6) is 0 Å². The van der Waals surface area contributed by atoms with Crippen molar-refractivity contribution in [3.63, 3.8) is 0 Å². The number of nitrogens with one attached hydrogen (secondary N) is 1. The van der Waals surface area contributed by atoms with Gasteiger partial charge in [-0.15, -0.1) is 0 Å². The number of likely N-dealkylation sites (N-methyl/N-ethyl adjacent to an activating group) is 1. The molecule has 98 valence electrons. The molecular weight excluding hydrogens is 206 g/mol. The van der Waals surface area contributed by atoms with Gasteiger partial charge in [-0.2, -0.15) is 0 Å². The molecule has 0 aliphatic rings. The number of methoxy groups -OCH3 is 1. The molecule has 0 amide bonds. The van der Waals surface area contributed by atoms with E-state index in [1.54, 1.807) is 7.11 Å².